The van der Waals surface area contributed by atoms with Crippen molar-refractivity contribution in [3.8, 4) is 5.75 Å². The van der Waals surface area contributed by atoms with Crippen LogP contribution in [0.25, 0.3) is 0 Å². The van der Waals surface area contributed by atoms with E-state index in [1.165, 1.54) is 12.1 Å². The monoisotopic (exact) mass is 403 g/mol. The highest BCUT2D eigenvalue weighted by Crippen LogP contribution is 2.35. The van der Waals surface area contributed by atoms with Gasteiger partial charge in [-0.1, -0.05) is 18.6 Å². The molecule has 2 saturated carbocycles. The second-order valence-corrected chi connectivity index (χ2v) is 9.01. The zero-order chi connectivity index (χ0) is 19.7. The minimum atomic E-state index is -4.05. The molecule has 0 atom stereocenters. The van der Waals surface area contributed by atoms with Gasteiger partial charge in [0.05, 0.1) is 0 Å². The van der Waals surface area contributed by atoms with Crippen molar-refractivity contribution < 1.29 is 21.8 Å². The molecule has 0 radical (unpaired) electrons. The maximum atomic E-state index is 13.0. The van der Waals surface area contributed by atoms with E-state index < -0.39 is 15.9 Å². The smallest absolute Gasteiger partial charge is 0.339 e. The van der Waals surface area contributed by atoms with Crippen LogP contribution in [0.2, 0.25) is 0 Å². The van der Waals surface area contributed by atoms with E-state index in [-0.39, 0.29) is 22.5 Å². The summed E-state index contributed by atoms with van der Waals surface area (Å²) in [7, 11) is -4.05. The van der Waals surface area contributed by atoms with Gasteiger partial charge in [-0.3, -0.25) is 4.79 Å². The van der Waals surface area contributed by atoms with Crippen molar-refractivity contribution >= 4 is 16.0 Å². The number of hydrogen-bond donors (Lipinski definition) is 0. The molecule has 28 heavy (non-hydrogen) atoms. The van der Waals surface area contributed by atoms with E-state index in [0.717, 1.165) is 49.8 Å². The van der Waals surface area contributed by atoms with Crippen LogP contribution in [0, 0.1) is 11.7 Å². The lowest BCUT2D eigenvalue weighted by Crippen LogP contribution is -2.39. The summed E-state index contributed by atoms with van der Waals surface area (Å²) in [5, 5.41) is 0. The van der Waals surface area contributed by atoms with Gasteiger partial charge in [-0.25, -0.2) is 4.39 Å². The summed E-state index contributed by atoms with van der Waals surface area (Å²) in [6.07, 6.45) is 5.07. The van der Waals surface area contributed by atoms with Crippen LogP contribution in [0.5, 0.6) is 5.75 Å². The van der Waals surface area contributed by atoms with E-state index in [2.05, 4.69) is 0 Å². The van der Waals surface area contributed by atoms with E-state index in [9.17, 15) is 17.6 Å². The van der Waals surface area contributed by atoms with E-state index >= 15 is 0 Å². The predicted molar refractivity (Wildman–Crippen MR) is 102 cm³/mol. The largest absolute Gasteiger partial charge is 0.379 e. The number of carbonyl (C=O) groups is 1. The number of hydrogen-bond acceptors (Lipinski definition) is 4. The maximum absolute atomic E-state index is 13.0. The van der Waals surface area contributed by atoms with Crippen LogP contribution in [0.15, 0.2) is 53.4 Å². The minimum Gasteiger partial charge on any atom is -0.379 e. The molecule has 0 heterocycles. The Morgan fingerprint density at radius 1 is 1.07 bits per heavy atom. The van der Waals surface area contributed by atoms with Gasteiger partial charge in [0.1, 0.15) is 16.5 Å². The molecule has 0 spiro atoms. The quantitative estimate of drug-likeness (QED) is 0.658. The van der Waals surface area contributed by atoms with Crippen LogP contribution in [0.4, 0.5) is 4.39 Å². The second kappa shape index (κ2) is 7.54. The molecule has 0 N–H and O–H groups in total. The molecular formula is C21H22FNO4S. The van der Waals surface area contributed by atoms with E-state index in [1.807, 2.05) is 11.0 Å². The van der Waals surface area contributed by atoms with Gasteiger partial charge in [0.15, 0.2) is 0 Å². The van der Waals surface area contributed by atoms with Crippen LogP contribution >= 0.6 is 0 Å². The summed E-state index contributed by atoms with van der Waals surface area (Å²) in [6, 6.07) is 11.6. The third-order valence-electron chi connectivity index (χ3n) is 5.28. The van der Waals surface area contributed by atoms with Crippen molar-refractivity contribution in [1.29, 1.82) is 0 Å². The lowest BCUT2D eigenvalue weighted by molar-refractivity contribution is -0.139. The number of halogens is 1. The average Bonchev–Trinajstić information content (AvgIpc) is 3.43. The highest BCUT2D eigenvalue weighted by molar-refractivity contribution is 7.87. The highest BCUT2D eigenvalue weighted by Gasteiger charge is 2.37. The molecule has 0 unspecified atom stereocenters. The number of carbonyl (C=O) groups excluding carboxylic acids is 1. The number of rotatable bonds is 7. The first kappa shape index (κ1) is 18.9. The zero-order valence-corrected chi connectivity index (χ0v) is 16.2. The Balaban J connectivity index is 1.49. The summed E-state index contributed by atoms with van der Waals surface area (Å²) in [4.78, 5) is 14.5. The van der Waals surface area contributed by atoms with Crippen LogP contribution in [0.1, 0.15) is 37.7 Å². The van der Waals surface area contributed by atoms with Crippen molar-refractivity contribution in [2.45, 2.75) is 49.6 Å². The average molecular weight is 403 g/mol. The molecule has 2 aromatic rings. The zero-order valence-electron chi connectivity index (χ0n) is 15.4. The van der Waals surface area contributed by atoms with Crippen molar-refractivity contribution in [2.24, 2.45) is 5.92 Å². The molecule has 2 aliphatic rings. The van der Waals surface area contributed by atoms with Crippen molar-refractivity contribution in [1.82, 2.24) is 4.90 Å². The molecule has 148 valence electrons. The van der Waals surface area contributed by atoms with Crippen LogP contribution in [-0.4, -0.2) is 25.3 Å². The van der Waals surface area contributed by atoms with E-state index in [1.54, 1.807) is 18.2 Å². The summed E-state index contributed by atoms with van der Waals surface area (Å²) < 4.78 is 43.0. The Labute approximate surface area is 164 Å². The Kier molecular flexibility index (Phi) is 5.10. The number of benzene rings is 2. The number of amides is 1. The predicted octanol–water partition coefficient (Wildman–Crippen LogP) is 3.88. The highest BCUT2D eigenvalue weighted by atomic mass is 32.2. The molecule has 2 aliphatic carbocycles. The fraction of sp³-hybridized carbons (Fsp3) is 0.381. The molecule has 7 heteroatoms. The van der Waals surface area contributed by atoms with Crippen LogP contribution in [-0.2, 0) is 21.5 Å². The number of nitrogens with zero attached hydrogens (tertiary/aromatic N) is 1. The first-order valence-electron chi connectivity index (χ1n) is 9.52. The molecule has 0 saturated heterocycles. The molecule has 0 aromatic heterocycles. The van der Waals surface area contributed by atoms with Crippen molar-refractivity contribution in [2.75, 3.05) is 0 Å². The molecule has 2 aromatic carbocycles. The van der Waals surface area contributed by atoms with Crippen LogP contribution < -0.4 is 4.18 Å². The third kappa shape index (κ3) is 4.19. The lowest BCUT2D eigenvalue weighted by atomic mass is 9.84. The van der Waals surface area contributed by atoms with Gasteiger partial charge in [-0.2, -0.15) is 8.42 Å². The molecule has 0 bridgehead atoms. The third-order valence-corrected chi connectivity index (χ3v) is 6.55. The Morgan fingerprint density at radius 2 is 1.79 bits per heavy atom. The molecular weight excluding hydrogens is 381 g/mol. The second-order valence-electron chi connectivity index (χ2n) is 7.46. The van der Waals surface area contributed by atoms with Gasteiger partial charge in [0, 0.05) is 18.5 Å². The van der Waals surface area contributed by atoms with Gasteiger partial charge in [0.25, 0.3) is 0 Å². The fourth-order valence-electron chi connectivity index (χ4n) is 3.33. The van der Waals surface area contributed by atoms with Gasteiger partial charge < -0.3 is 9.08 Å². The SMILES string of the molecule is O=C(C1CCC1)N(Cc1cccc(OS(=O)(=O)c2ccc(F)cc2)c1)C1CC1. The molecule has 1 amide bonds. The first-order chi connectivity index (χ1) is 13.4. The summed E-state index contributed by atoms with van der Waals surface area (Å²) in [5.74, 6) is 0.00352. The molecule has 5 nitrogen and oxygen atoms in total. The van der Waals surface area contributed by atoms with Gasteiger partial charge >= 0.3 is 10.1 Å². The Morgan fingerprint density at radius 3 is 2.39 bits per heavy atom. The Hall–Kier alpha value is -2.41. The summed E-state index contributed by atoms with van der Waals surface area (Å²) >= 11 is 0. The standard InChI is InChI=1S/C21H22FNO4S/c22-17-7-11-20(12-8-17)28(25,26)27-19-6-1-3-15(13-19)14-23(18-9-10-18)21(24)16-4-2-5-16/h1,3,6-8,11-13,16,18H,2,4-5,9-10,14H2. The fourth-order valence-corrected chi connectivity index (χ4v) is 4.25. The van der Waals surface area contributed by atoms with Crippen molar-refractivity contribution in [3.05, 3.63) is 59.9 Å². The minimum absolute atomic E-state index is 0.112. The molecule has 4 rings (SSSR count). The molecule has 0 aliphatic heterocycles. The van der Waals surface area contributed by atoms with E-state index in [4.69, 9.17) is 4.18 Å². The lowest BCUT2D eigenvalue weighted by Gasteiger charge is -2.32. The van der Waals surface area contributed by atoms with Gasteiger partial charge in [-0.15, -0.1) is 0 Å². The first-order valence-corrected chi connectivity index (χ1v) is 10.9. The summed E-state index contributed by atoms with van der Waals surface area (Å²) in [5.41, 5.74) is 0.825. The Bertz CT molecular complexity index is 966. The molecule has 2 fully saturated rings. The van der Waals surface area contributed by atoms with E-state index in [0.29, 0.717) is 12.6 Å². The normalized spacial score (nSPS) is 17.0. The van der Waals surface area contributed by atoms with Gasteiger partial charge in [-0.05, 0) is 67.6 Å². The van der Waals surface area contributed by atoms with Crippen molar-refractivity contribution in [3.63, 3.8) is 0 Å². The maximum Gasteiger partial charge on any atom is 0.339 e. The topological polar surface area (TPSA) is 63.7 Å². The summed E-state index contributed by atoms with van der Waals surface area (Å²) in [6.45, 7) is 0.452. The van der Waals surface area contributed by atoms with Gasteiger partial charge in [0.2, 0.25) is 5.91 Å². The van der Waals surface area contributed by atoms with Crippen LogP contribution in [0.3, 0.4) is 0 Å².